The summed E-state index contributed by atoms with van der Waals surface area (Å²) in [4.78, 5) is 17.6. The van der Waals surface area contributed by atoms with Gasteiger partial charge in [-0.15, -0.1) is 0 Å². The number of hydrogen-bond donors (Lipinski definition) is 0. The molecule has 0 radical (unpaired) electrons. The molecule has 128 valence electrons. The van der Waals surface area contributed by atoms with Gasteiger partial charge in [0.15, 0.2) is 0 Å². The van der Waals surface area contributed by atoms with Crippen LogP contribution in [0.4, 0.5) is 11.8 Å². The molecule has 2 aromatic rings. The van der Waals surface area contributed by atoms with Gasteiger partial charge in [0.05, 0.1) is 12.7 Å². The van der Waals surface area contributed by atoms with E-state index in [0.717, 1.165) is 48.8 Å². The van der Waals surface area contributed by atoms with E-state index in [0.29, 0.717) is 6.61 Å². The van der Waals surface area contributed by atoms with Crippen molar-refractivity contribution in [3.05, 3.63) is 41.9 Å². The Morgan fingerprint density at radius 1 is 1.33 bits per heavy atom. The van der Waals surface area contributed by atoms with Crippen molar-refractivity contribution in [1.29, 1.82) is 0 Å². The van der Waals surface area contributed by atoms with Crippen molar-refractivity contribution in [1.82, 2.24) is 15.0 Å². The summed E-state index contributed by atoms with van der Waals surface area (Å²) in [5.41, 5.74) is 2.20. The number of anilines is 2. The lowest BCUT2D eigenvalue weighted by atomic mass is 10.1. The topological polar surface area (TPSA) is 54.4 Å². The summed E-state index contributed by atoms with van der Waals surface area (Å²) in [6.07, 6.45) is 7.90. The number of aryl methyl sites for hydroxylation is 1. The Hall–Kier alpha value is -2.21. The first-order valence-corrected chi connectivity index (χ1v) is 8.40. The summed E-state index contributed by atoms with van der Waals surface area (Å²) >= 11 is 0. The van der Waals surface area contributed by atoms with Crippen molar-refractivity contribution in [3.63, 3.8) is 0 Å². The molecule has 3 rings (SSSR count). The molecule has 0 aliphatic carbocycles. The van der Waals surface area contributed by atoms with Gasteiger partial charge in [-0.3, -0.25) is 4.98 Å². The van der Waals surface area contributed by atoms with Gasteiger partial charge in [-0.1, -0.05) is 6.07 Å². The van der Waals surface area contributed by atoms with Gasteiger partial charge in [0.25, 0.3) is 0 Å². The Balaban J connectivity index is 1.64. The normalized spacial score (nSPS) is 17.8. The van der Waals surface area contributed by atoms with Crippen molar-refractivity contribution in [2.45, 2.75) is 32.5 Å². The zero-order valence-corrected chi connectivity index (χ0v) is 14.6. The molecule has 1 saturated heterocycles. The molecule has 3 heterocycles. The molecular formula is C18H25N5O. The Morgan fingerprint density at radius 3 is 2.96 bits per heavy atom. The quantitative estimate of drug-likeness (QED) is 0.841. The molecule has 0 aromatic carbocycles. The minimum absolute atomic E-state index is 0.201. The molecule has 1 fully saturated rings. The molecule has 0 unspecified atom stereocenters. The second-order valence-electron chi connectivity index (χ2n) is 6.45. The zero-order chi connectivity index (χ0) is 16.9. The first-order chi connectivity index (χ1) is 11.6. The molecule has 1 aliphatic heterocycles. The lowest BCUT2D eigenvalue weighted by Crippen LogP contribution is -2.40. The summed E-state index contributed by atoms with van der Waals surface area (Å²) in [7, 11) is 4.02. The molecule has 0 spiro atoms. The van der Waals surface area contributed by atoms with E-state index in [-0.39, 0.29) is 6.10 Å². The number of nitrogens with zero attached hydrogens (tertiary/aromatic N) is 5. The number of hydrogen-bond acceptors (Lipinski definition) is 6. The highest BCUT2D eigenvalue weighted by atomic mass is 16.5. The maximum Gasteiger partial charge on any atom is 0.227 e. The molecule has 1 atom stereocenters. The average Bonchev–Trinajstić information content (AvgIpc) is 2.61. The Morgan fingerprint density at radius 2 is 2.21 bits per heavy atom. The minimum atomic E-state index is 0.201. The molecule has 1 aliphatic rings. The van der Waals surface area contributed by atoms with E-state index in [4.69, 9.17) is 9.72 Å². The fourth-order valence-electron chi connectivity index (χ4n) is 2.98. The molecule has 0 amide bonds. The van der Waals surface area contributed by atoms with E-state index in [2.05, 4.69) is 14.9 Å². The molecular weight excluding hydrogens is 302 g/mol. The largest absolute Gasteiger partial charge is 0.372 e. The van der Waals surface area contributed by atoms with Gasteiger partial charge in [0.2, 0.25) is 5.95 Å². The third kappa shape index (κ3) is 4.00. The second-order valence-corrected chi connectivity index (χ2v) is 6.45. The van der Waals surface area contributed by atoms with Crippen molar-refractivity contribution in [2.24, 2.45) is 0 Å². The highest BCUT2D eigenvalue weighted by molar-refractivity contribution is 5.48. The Kier molecular flexibility index (Phi) is 5.25. The second kappa shape index (κ2) is 7.57. The maximum absolute atomic E-state index is 6.07. The Labute approximate surface area is 143 Å². The highest BCUT2D eigenvalue weighted by Gasteiger charge is 2.23. The van der Waals surface area contributed by atoms with Crippen LogP contribution in [0.15, 0.2) is 30.7 Å². The molecule has 0 bridgehead atoms. The van der Waals surface area contributed by atoms with E-state index >= 15 is 0 Å². The summed E-state index contributed by atoms with van der Waals surface area (Å²) < 4.78 is 6.07. The number of aromatic nitrogens is 3. The number of ether oxygens (including phenoxy) is 1. The zero-order valence-electron chi connectivity index (χ0n) is 14.6. The van der Waals surface area contributed by atoms with E-state index in [9.17, 15) is 0 Å². The molecule has 6 heteroatoms. The minimum Gasteiger partial charge on any atom is -0.372 e. The number of rotatable bonds is 5. The van der Waals surface area contributed by atoms with Crippen LogP contribution in [0.5, 0.6) is 0 Å². The van der Waals surface area contributed by atoms with Crippen LogP contribution < -0.4 is 9.80 Å². The van der Waals surface area contributed by atoms with Crippen LogP contribution in [0.25, 0.3) is 0 Å². The summed E-state index contributed by atoms with van der Waals surface area (Å²) in [5.74, 6) is 1.76. The van der Waals surface area contributed by atoms with Crippen LogP contribution in [-0.4, -0.2) is 48.2 Å². The molecule has 0 saturated carbocycles. The van der Waals surface area contributed by atoms with Gasteiger partial charge in [0, 0.05) is 51.3 Å². The van der Waals surface area contributed by atoms with Crippen LogP contribution in [-0.2, 0) is 11.3 Å². The van der Waals surface area contributed by atoms with Crippen molar-refractivity contribution >= 4 is 11.8 Å². The van der Waals surface area contributed by atoms with Gasteiger partial charge in [-0.05, 0) is 31.4 Å². The van der Waals surface area contributed by atoms with Crippen LogP contribution in [0, 0.1) is 6.92 Å². The lowest BCUT2D eigenvalue weighted by molar-refractivity contribution is 0.0311. The third-order valence-corrected chi connectivity index (χ3v) is 4.23. The predicted molar refractivity (Wildman–Crippen MR) is 95.4 cm³/mol. The van der Waals surface area contributed by atoms with Gasteiger partial charge in [0.1, 0.15) is 5.82 Å². The van der Waals surface area contributed by atoms with Crippen molar-refractivity contribution in [3.8, 4) is 0 Å². The standard InChI is InChI=1S/C18H25N5O/c1-14-10-20-18(21-17(14)22(2)3)23-9-5-7-16(12-23)24-13-15-6-4-8-19-11-15/h4,6,8,10-11,16H,5,7,9,12-13H2,1-3H3/t16-/m0/s1. The SMILES string of the molecule is Cc1cnc(N2CCC[C@H](OCc3cccnc3)C2)nc1N(C)C. The van der Waals surface area contributed by atoms with Crippen molar-refractivity contribution in [2.75, 3.05) is 37.0 Å². The van der Waals surface area contributed by atoms with E-state index in [1.165, 1.54) is 0 Å². The molecule has 24 heavy (non-hydrogen) atoms. The van der Waals surface area contributed by atoms with Gasteiger partial charge in [-0.2, -0.15) is 4.98 Å². The number of pyridine rings is 1. The molecule has 0 N–H and O–H groups in total. The maximum atomic E-state index is 6.07. The van der Waals surface area contributed by atoms with Gasteiger partial charge in [-0.25, -0.2) is 4.98 Å². The van der Waals surface area contributed by atoms with E-state index in [1.54, 1.807) is 6.20 Å². The average molecular weight is 327 g/mol. The summed E-state index contributed by atoms with van der Waals surface area (Å²) in [6.45, 7) is 4.44. The number of piperidine rings is 1. The monoisotopic (exact) mass is 327 g/mol. The van der Waals surface area contributed by atoms with Crippen LogP contribution in [0.2, 0.25) is 0 Å². The van der Waals surface area contributed by atoms with Crippen molar-refractivity contribution < 1.29 is 4.74 Å². The molecule has 2 aromatic heterocycles. The predicted octanol–water partition coefficient (Wildman–Crippen LogP) is 2.43. The fraction of sp³-hybridized carbons (Fsp3) is 0.500. The highest BCUT2D eigenvalue weighted by Crippen LogP contribution is 2.22. The first-order valence-electron chi connectivity index (χ1n) is 8.40. The fourth-order valence-corrected chi connectivity index (χ4v) is 2.98. The molecule has 6 nitrogen and oxygen atoms in total. The summed E-state index contributed by atoms with van der Waals surface area (Å²) in [5, 5.41) is 0. The first kappa shape index (κ1) is 16.6. The van der Waals surface area contributed by atoms with Crippen LogP contribution in [0.1, 0.15) is 24.0 Å². The third-order valence-electron chi connectivity index (χ3n) is 4.23. The van der Waals surface area contributed by atoms with E-state index < -0.39 is 0 Å². The Bertz CT molecular complexity index is 662. The van der Waals surface area contributed by atoms with Crippen LogP contribution >= 0.6 is 0 Å². The van der Waals surface area contributed by atoms with Gasteiger partial charge >= 0.3 is 0 Å². The van der Waals surface area contributed by atoms with Crippen LogP contribution in [0.3, 0.4) is 0 Å². The van der Waals surface area contributed by atoms with E-state index in [1.807, 2.05) is 50.4 Å². The summed E-state index contributed by atoms with van der Waals surface area (Å²) in [6, 6.07) is 3.98. The smallest absolute Gasteiger partial charge is 0.227 e. The van der Waals surface area contributed by atoms with Gasteiger partial charge < -0.3 is 14.5 Å². The lowest BCUT2D eigenvalue weighted by Gasteiger charge is -2.33.